The van der Waals surface area contributed by atoms with Gasteiger partial charge in [-0.2, -0.15) is 0 Å². The molecule has 30 heavy (non-hydrogen) atoms. The molecule has 2 atom stereocenters. The van der Waals surface area contributed by atoms with Crippen molar-refractivity contribution >= 4 is 40.2 Å². The maximum atomic E-state index is 13.0. The first kappa shape index (κ1) is 20.0. The number of nitrogens with one attached hydrogen (secondary N) is 2. The molecule has 0 aliphatic heterocycles. The molecule has 0 saturated heterocycles. The minimum atomic E-state index is -0.604. The molecule has 4 N–H and O–H groups in total. The van der Waals surface area contributed by atoms with Crippen LogP contribution in [0.4, 0.5) is 0 Å². The highest BCUT2D eigenvalue weighted by atomic mass is 35.5. The average molecular weight is 425 g/mol. The standard InChI is InChI=1S/C22H21ClN4O3/c1-12(28)27(11-20(24)29)21-16-5-3-2-4-13(16)9-18(21)26-22(30)19-10-14-8-15(23)6-7-17(14)25-19/h2-8,10,18,21,25H,9,11H2,1H3,(H2,24,29)(H,26,30)/t18-,21+/m1/s1. The van der Waals surface area contributed by atoms with E-state index in [4.69, 9.17) is 17.3 Å². The predicted octanol–water partition coefficient (Wildman–Crippen LogP) is 2.55. The number of aromatic amines is 1. The molecule has 2 aromatic carbocycles. The second-order valence-corrected chi connectivity index (χ2v) is 7.89. The van der Waals surface area contributed by atoms with Gasteiger partial charge in [-0.15, -0.1) is 0 Å². The average Bonchev–Trinajstić information content (AvgIpc) is 3.26. The Bertz CT molecular complexity index is 1160. The number of nitrogens with two attached hydrogens (primary N) is 1. The molecule has 0 spiro atoms. The lowest BCUT2D eigenvalue weighted by molar-refractivity contribution is -0.136. The van der Waals surface area contributed by atoms with Gasteiger partial charge in [0.25, 0.3) is 5.91 Å². The van der Waals surface area contributed by atoms with E-state index in [9.17, 15) is 14.4 Å². The van der Waals surface area contributed by atoms with E-state index in [1.165, 1.54) is 11.8 Å². The van der Waals surface area contributed by atoms with Gasteiger partial charge < -0.3 is 20.9 Å². The molecule has 3 amide bonds. The van der Waals surface area contributed by atoms with Gasteiger partial charge in [-0.25, -0.2) is 0 Å². The highest BCUT2D eigenvalue weighted by Gasteiger charge is 2.39. The SMILES string of the molecule is CC(=O)N(CC(N)=O)[C@H]1c2ccccc2C[C@H]1NC(=O)c1cc2cc(Cl)ccc2[nH]1. The van der Waals surface area contributed by atoms with Crippen LogP contribution in [-0.2, 0) is 16.0 Å². The summed E-state index contributed by atoms with van der Waals surface area (Å²) in [6, 6.07) is 13.9. The van der Waals surface area contributed by atoms with E-state index in [0.717, 1.165) is 22.0 Å². The molecule has 0 unspecified atom stereocenters. The summed E-state index contributed by atoms with van der Waals surface area (Å²) in [6.45, 7) is 1.18. The van der Waals surface area contributed by atoms with Crippen LogP contribution in [0.2, 0.25) is 5.02 Å². The maximum absolute atomic E-state index is 13.0. The normalized spacial score (nSPS) is 17.5. The van der Waals surface area contributed by atoms with Crippen molar-refractivity contribution in [2.45, 2.75) is 25.4 Å². The Morgan fingerprint density at radius 3 is 2.70 bits per heavy atom. The van der Waals surface area contributed by atoms with Crippen molar-refractivity contribution in [1.29, 1.82) is 0 Å². The van der Waals surface area contributed by atoms with Gasteiger partial charge in [0.05, 0.1) is 18.6 Å². The Hall–Kier alpha value is -3.32. The number of carbonyl (C=O) groups is 3. The Balaban J connectivity index is 1.64. The first-order valence-corrected chi connectivity index (χ1v) is 9.93. The zero-order chi connectivity index (χ0) is 21.4. The van der Waals surface area contributed by atoms with Crippen molar-refractivity contribution in [1.82, 2.24) is 15.2 Å². The summed E-state index contributed by atoms with van der Waals surface area (Å²) in [4.78, 5) is 41.4. The number of benzene rings is 2. The molecule has 0 saturated carbocycles. The lowest BCUT2D eigenvalue weighted by atomic mass is 10.0. The molecule has 1 aromatic heterocycles. The van der Waals surface area contributed by atoms with Gasteiger partial charge in [0.2, 0.25) is 11.8 Å². The summed E-state index contributed by atoms with van der Waals surface area (Å²) < 4.78 is 0. The Morgan fingerprint density at radius 1 is 1.20 bits per heavy atom. The van der Waals surface area contributed by atoms with Crippen LogP contribution in [0.5, 0.6) is 0 Å². The van der Waals surface area contributed by atoms with Gasteiger partial charge in [-0.1, -0.05) is 35.9 Å². The minimum absolute atomic E-state index is 0.217. The number of carbonyl (C=O) groups excluding carboxylic acids is 3. The molecule has 154 valence electrons. The molecular formula is C22H21ClN4O3. The third-order valence-electron chi connectivity index (χ3n) is 5.41. The Kier molecular flexibility index (Phi) is 5.22. The number of primary amides is 1. The fourth-order valence-electron chi connectivity index (χ4n) is 4.13. The summed E-state index contributed by atoms with van der Waals surface area (Å²) in [5, 5.41) is 4.45. The molecule has 7 nitrogen and oxygen atoms in total. The zero-order valence-corrected chi connectivity index (χ0v) is 17.1. The number of aromatic nitrogens is 1. The number of H-pyrrole nitrogens is 1. The Morgan fingerprint density at radius 2 is 1.97 bits per heavy atom. The number of nitrogens with zero attached hydrogens (tertiary/aromatic N) is 1. The van der Waals surface area contributed by atoms with Crippen LogP contribution in [0.15, 0.2) is 48.5 Å². The molecule has 1 aliphatic carbocycles. The zero-order valence-electron chi connectivity index (χ0n) is 16.3. The van der Waals surface area contributed by atoms with Crippen molar-refractivity contribution in [3.05, 3.63) is 70.4 Å². The fraction of sp³-hybridized carbons (Fsp3) is 0.227. The van der Waals surface area contributed by atoms with E-state index >= 15 is 0 Å². The molecule has 3 aromatic rings. The van der Waals surface area contributed by atoms with Gasteiger partial charge in [0.15, 0.2) is 0 Å². The highest BCUT2D eigenvalue weighted by Crippen LogP contribution is 2.36. The van der Waals surface area contributed by atoms with Gasteiger partial charge in [0, 0.05) is 22.8 Å². The monoisotopic (exact) mass is 424 g/mol. The van der Waals surface area contributed by atoms with Crippen molar-refractivity contribution in [3.8, 4) is 0 Å². The van der Waals surface area contributed by atoms with E-state index < -0.39 is 18.0 Å². The van der Waals surface area contributed by atoms with E-state index in [2.05, 4.69) is 10.3 Å². The third-order valence-corrected chi connectivity index (χ3v) is 5.64. The molecular weight excluding hydrogens is 404 g/mol. The van der Waals surface area contributed by atoms with Crippen LogP contribution in [0.1, 0.15) is 34.6 Å². The summed E-state index contributed by atoms with van der Waals surface area (Å²) in [6.07, 6.45) is 0.543. The van der Waals surface area contributed by atoms with Crippen molar-refractivity contribution in [3.63, 3.8) is 0 Å². The quantitative estimate of drug-likeness (QED) is 0.585. The van der Waals surface area contributed by atoms with Crippen molar-refractivity contribution in [2.75, 3.05) is 6.54 Å². The highest BCUT2D eigenvalue weighted by molar-refractivity contribution is 6.31. The fourth-order valence-corrected chi connectivity index (χ4v) is 4.31. The minimum Gasteiger partial charge on any atom is -0.368 e. The molecule has 0 bridgehead atoms. The molecule has 4 rings (SSSR count). The number of halogens is 1. The lowest BCUT2D eigenvalue weighted by Gasteiger charge is -2.32. The first-order chi connectivity index (χ1) is 14.3. The molecule has 0 radical (unpaired) electrons. The van der Waals surface area contributed by atoms with E-state index in [1.807, 2.05) is 30.3 Å². The Labute approximate surface area is 178 Å². The molecule has 0 fully saturated rings. The molecule has 1 heterocycles. The largest absolute Gasteiger partial charge is 0.368 e. The van der Waals surface area contributed by atoms with Crippen LogP contribution in [-0.4, -0.2) is 40.2 Å². The topological polar surface area (TPSA) is 108 Å². The van der Waals surface area contributed by atoms with E-state index in [-0.39, 0.29) is 18.4 Å². The third kappa shape index (κ3) is 3.76. The smallest absolute Gasteiger partial charge is 0.268 e. The second kappa shape index (κ2) is 7.84. The molecule has 8 heteroatoms. The van der Waals surface area contributed by atoms with Crippen LogP contribution in [0.25, 0.3) is 10.9 Å². The van der Waals surface area contributed by atoms with E-state index in [1.54, 1.807) is 18.2 Å². The van der Waals surface area contributed by atoms with E-state index in [0.29, 0.717) is 17.1 Å². The number of fused-ring (bicyclic) bond motifs is 2. The number of rotatable bonds is 5. The first-order valence-electron chi connectivity index (χ1n) is 9.56. The van der Waals surface area contributed by atoms with Gasteiger partial charge in [-0.05, 0) is 41.8 Å². The maximum Gasteiger partial charge on any atom is 0.268 e. The van der Waals surface area contributed by atoms with Gasteiger partial charge in [-0.3, -0.25) is 14.4 Å². The van der Waals surface area contributed by atoms with Gasteiger partial charge in [0.1, 0.15) is 5.69 Å². The van der Waals surface area contributed by atoms with Crippen molar-refractivity contribution in [2.24, 2.45) is 5.73 Å². The predicted molar refractivity (Wildman–Crippen MR) is 114 cm³/mol. The van der Waals surface area contributed by atoms with Crippen LogP contribution < -0.4 is 11.1 Å². The van der Waals surface area contributed by atoms with Crippen LogP contribution in [0, 0.1) is 0 Å². The number of hydrogen-bond acceptors (Lipinski definition) is 3. The summed E-state index contributed by atoms with van der Waals surface area (Å²) in [5.41, 5.74) is 8.50. The lowest BCUT2D eigenvalue weighted by Crippen LogP contribution is -2.48. The summed E-state index contributed by atoms with van der Waals surface area (Å²) in [5.74, 6) is -1.19. The molecule has 1 aliphatic rings. The number of hydrogen-bond donors (Lipinski definition) is 3. The second-order valence-electron chi connectivity index (χ2n) is 7.46. The van der Waals surface area contributed by atoms with Crippen molar-refractivity contribution < 1.29 is 14.4 Å². The number of amides is 3. The summed E-state index contributed by atoms with van der Waals surface area (Å²) in [7, 11) is 0. The van der Waals surface area contributed by atoms with Crippen LogP contribution in [0.3, 0.4) is 0 Å². The van der Waals surface area contributed by atoms with Gasteiger partial charge >= 0.3 is 0 Å². The van der Waals surface area contributed by atoms with Crippen LogP contribution >= 0.6 is 11.6 Å². The summed E-state index contributed by atoms with van der Waals surface area (Å²) >= 11 is 6.03.